The summed E-state index contributed by atoms with van der Waals surface area (Å²) in [6, 6.07) is 8.61. The molecule has 2 aliphatic rings. The molecule has 5 nitrogen and oxygen atoms in total. The molecule has 0 aromatic heterocycles. The highest BCUT2D eigenvalue weighted by molar-refractivity contribution is 7.89. The van der Waals surface area contributed by atoms with Crippen LogP contribution < -0.4 is 0 Å². The normalized spacial score (nSPS) is 24.7. The minimum Gasteiger partial charge on any atom is -0.338 e. The van der Waals surface area contributed by atoms with Gasteiger partial charge in [0, 0.05) is 19.6 Å². The number of likely N-dealkylation sites (N-methyl/N-ethyl adjacent to an activating group) is 1. The Morgan fingerprint density at radius 1 is 1.12 bits per heavy atom. The Hall–Kier alpha value is -1.40. The van der Waals surface area contributed by atoms with Crippen molar-refractivity contribution in [3.8, 4) is 0 Å². The topological polar surface area (TPSA) is 57.7 Å². The highest BCUT2D eigenvalue weighted by atomic mass is 32.2. The van der Waals surface area contributed by atoms with Crippen LogP contribution in [0.15, 0.2) is 35.2 Å². The number of carbonyl (C=O) groups excluding carboxylic acids is 1. The Labute approximate surface area is 144 Å². The zero-order chi connectivity index (χ0) is 17.2. The van der Waals surface area contributed by atoms with Crippen LogP contribution in [0.3, 0.4) is 0 Å². The van der Waals surface area contributed by atoms with Gasteiger partial charge in [0.05, 0.1) is 11.4 Å². The number of benzene rings is 1. The summed E-state index contributed by atoms with van der Waals surface area (Å²) in [7, 11) is -2.13. The number of piperidine rings is 1. The average molecular weight is 350 g/mol. The smallest absolute Gasteiger partial charge is 0.243 e. The fraction of sp³-hybridized carbons (Fsp3) is 0.611. The quantitative estimate of drug-likeness (QED) is 0.838. The van der Waals surface area contributed by atoms with Gasteiger partial charge in [-0.2, -0.15) is 4.31 Å². The third kappa shape index (κ3) is 3.49. The second kappa shape index (κ2) is 7.23. The Morgan fingerprint density at radius 3 is 2.54 bits per heavy atom. The van der Waals surface area contributed by atoms with Gasteiger partial charge in [0.2, 0.25) is 15.9 Å². The largest absolute Gasteiger partial charge is 0.338 e. The van der Waals surface area contributed by atoms with Crippen molar-refractivity contribution in [1.29, 1.82) is 0 Å². The molecule has 2 atom stereocenters. The summed E-state index contributed by atoms with van der Waals surface area (Å²) >= 11 is 0. The lowest BCUT2D eigenvalue weighted by molar-refractivity contribution is -0.137. The summed E-state index contributed by atoms with van der Waals surface area (Å²) in [5.41, 5.74) is 0. The Morgan fingerprint density at radius 2 is 1.79 bits per heavy atom. The van der Waals surface area contributed by atoms with Crippen LogP contribution in [-0.4, -0.2) is 49.7 Å². The van der Waals surface area contributed by atoms with Crippen molar-refractivity contribution in [2.24, 2.45) is 5.92 Å². The molecule has 1 amide bonds. The maximum atomic E-state index is 12.8. The maximum Gasteiger partial charge on any atom is 0.243 e. The first-order valence-corrected chi connectivity index (χ1v) is 10.2. The molecule has 24 heavy (non-hydrogen) atoms. The van der Waals surface area contributed by atoms with Crippen molar-refractivity contribution in [1.82, 2.24) is 9.21 Å². The number of amides is 1. The highest BCUT2D eigenvalue weighted by Gasteiger charge is 2.36. The molecule has 1 saturated carbocycles. The first-order valence-electron chi connectivity index (χ1n) is 8.81. The number of fused-ring (bicyclic) bond motifs is 1. The van der Waals surface area contributed by atoms with Gasteiger partial charge in [-0.25, -0.2) is 8.42 Å². The molecular formula is C18H26N2O3S. The van der Waals surface area contributed by atoms with E-state index in [1.807, 2.05) is 4.90 Å². The molecule has 0 N–H and O–H groups in total. The van der Waals surface area contributed by atoms with Gasteiger partial charge in [-0.3, -0.25) is 4.79 Å². The molecule has 132 valence electrons. The summed E-state index contributed by atoms with van der Waals surface area (Å²) in [6.45, 7) is 0.680. The number of likely N-dealkylation sites (tertiary alicyclic amines) is 1. The van der Waals surface area contributed by atoms with Crippen LogP contribution in [0.1, 0.15) is 38.5 Å². The molecule has 0 radical (unpaired) electrons. The molecule has 0 unspecified atom stereocenters. The van der Waals surface area contributed by atoms with Crippen LogP contribution in [-0.2, 0) is 14.8 Å². The van der Waals surface area contributed by atoms with Gasteiger partial charge >= 0.3 is 0 Å². The van der Waals surface area contributed by atoms with Crippen molar-refractivity contribution in [3.63, 3.8) is 0 Å². The lowest BCUT2D eigenvalue weighted by Gasteiger charge is -2.44. The van der Waals surface area contributed by atoms with E-state index in [9.17, 15) is 13.2 Å². The van der Waals surface area contributed by atoms with Gasteiger partial charge in [-0.15, -0.1) is 0 Å². The fourth-order valence-corrected chi connectivity index (χ4v) is 5.21. The minimum atomic E-state index is -3.62. The molecule has 0 spiro atoms. The van der Waals surface area contributed by atoms with E-state index in [0.29, 0.717) is 12.0 Å². The van der Waals surface area contributed by atoms with Gasteiger partial charge in [0.25, 0.3) is 0 Å². The molecule has 1 aliphatic heterocycles. The number of rotatable bonds is 4. The molecule has 1 aromatic rings. The second-order valence-electron chi connectivity index (χ2n) is 6.92. The van der Waals surface area contributed by atoms with Gasteiger partial charge in [-0.05, 0) is 43.7 Å². The van der Waals surface area contributed by atoms with E-state index in [1.165, 1.54) is 37.0 Å². The van der Waals surface area contributed by atoms with E-state index in [1.54, 1.807) is 30.3 Å². The van der Waals surface area contributed by atoms with E-state index in [-0.39, 0.29) is 17.3 Å². The summed E-state index contributed by atoms with van der Waals surface area (Å²) in [6.07, 6.45) is 6.92. The Bertz CT molecular complexity index is 673. The maximum absolute atomic E-state index is 12.8. The third-order valence-corrected chi connectivity index (χ3v) is 7.19. The number of sulfonamides is 1. The second-order valence-corrected chi connectivity index (χ2v) is 8.96. The number of nitrogens with zero attached hydrogens (tertiary/aromatic N) is 2. The van der Waals surface area contributed by atoms with Gasteiger partial charge < -0.3 is 4.90 Å². The minimum absolute atomic E-state index is 0.0615. The lowest BCUT2D eigenvalue weighted by atomic mass is 9.78. The van der Waals surface area contributed by atoms with E-state index >= 15 is 0 Å². The van der Waals surface area contributed by atoms with Crippen LogP contribution >= 0.6 is 0 Å². The van der Waals surface area contributed by atoms with Gasteiger partial charge in [0.1, 0.15) is 0 Å². The van der Waals surface area contributed by atoms with Crippen LogP contribution in [0.4, 0.5) is 0 Å². The van der Waals surface area contributed by atoms with Crippen LogP contribution in [0, 0.1) is 5.92 Å². The molecular weight excluding hydrogens is 324 g/mol. The molecule has 1 aromatic carbocycles. The monoisotopic (exact) mass is 350 g/mol. The first kappa shape index (κ1) is 17.4. The molecule has 3 rings (SSSR count). The standard InChI is InChI=1S/C18H26N2O3S/c1-19(24(22,23)16-10-3-2-4-11-16)14-18(21)20-13-7-9-15-8-5-6-12-17(15)20/h2-4,10-11,15,17H,5-9,12-14H2,1H3/t15-,17+/m1/s1. The SMILES string of the molecule is CN(CC(=O)N1CCC[C@H]2CCCC[C@@H]21)S(=O)(=O)c1ccccc1. The lowest BCUT2D eigenvalue weighted by Crippen LogP contribution is -2.52. The molecule has 1 saturated heterocycles. The average Bonchev–Trinajstić information content (AvgIpc) is 2.61. The Balaban J connectivity index is 1.69. The Kier molecular flexibility index (Phi) is 5.25. The predicted octanol–water partition coefficient (Wildman–Crippen LogP) is 2.49. The molecule has 1 heterocycles. The van der Waals surface area contributed by atoms with Crippen LogP contribution in [0.2, 0.25) is 0 Å². The van der Waals surface area contributed by atoms with Crippen LogP contribution in [0.5, 0.6) is 0 Å². The fourth-order valence-electron chi connectivity index (χ4n) is 4.07. The van der Waals surface area contributed by atoms with Crippen LogP contribution in [0.25, 0.3) is 0 Å². The molecule has 2 fully saturated rings. The van der Waals surface area contributed by atoms with Crippen molar-refractivity contribution < 1.29 is 13.2 Å². The van der Waals surface area contributed by atoms with E-state index in [0.717, 1.165) is 19.4 Å². The number of hydrogen-bond acceptors (Lipinski definition) is 3. The van der Waals surface area contributed by atoms with Crippen molar-refractivity contribution >= 4 is 15.9 Å². The van der Waals surface area contributed by atoms with E-state index in [2.05, 4.69) is 0 Å². The van der Waals surface area contributed by atoms with Crippen molar-refractivity contribution in [2.45, 2.75) is 49.5 Å². The number of hydrogen-bond donors (Lipinski definition) is 0. The molecule has 1 aliphatic carbocycles. The van der Waals surface area contributed by atoms with Crippen molar-refractivity contribution in [2.75, 3.05) is 20.1 Å². The van der Waals surface area contributed by atoms with Crippen molar-refractivity contribution in [3.05, 3.63) is 30.3 Å². The number of carbonyl (C=O) groups is 1. The first-order chi connectivity index (χ1) is 11.5. The van der Waals surface area contributed by atoms with E-state index in [4.69, 9.17) is 0 Å². The zero-order valence-electron chi connectivity index (χ0n) is 14.2. The van der Waals surface area contributed by atoms with E-state index < -0.39 is 10.0 Å². The summed E-state index contributed by atoms with van der Waals surface area (Å²) in [5, 5.41) is 0. The summed E-state index contributed by atoms with van der Waals surface area (Å²) in [5.74, 6) is 0.543. The summed E-state index contributed by atoms with van der Waals surface area (Å²) < 4.78 is 26.4. The van der Waals surface area contributed by atoms with Gasteiger partial charge in [0.15, 0.2) is 0 Å². The molecule has 6 heteroatoms. The van der Waals surface area contributed by atoms with Gasteiger partial charge in [-0.1, -0.05) is 31.0 Å². The molecule has 0 bridgehead atoms. The zero-order valence-corrected chi connectivity index (χ0v) is 15.0. The third-order valence-electron chi connectivity index (χ3n) is 5.37. The summed E-state index contributed by atoms with van der Waals surface area (Å²) in [4.78, 5) is 14.9. The highest BCUT2D eigenvalue weighted by Crippen LogP contribution is 2.35. The predicted molar refractivity (Wildman–Crippen MR) is 93.0 cm³/mol.